The predicted octanol–water partition coefficient (Wildman–Crippen LogP) is 1.24. The number of quaternary nitrogens is 1. The van der Waals surface area contributed by atoms with Crippen molar-refractivity contribution >= 4 is 52.3 Å². The van der Waals surface area contributed by atoms with Crippen LogP contribution in [0.15, 0.2) is 107 Å². The van der Waals surface area contributed by atoms with Crippen LogP contribution in [0.3, 0.4) is 0 Å². The number of amides is 2. The van der Waals surface area contributed by atoms with Crippen molar-refractivity contribution in [3.05, 3.63) is 102 Å². The summed E-state index contributed by atoms with van der Waals surface area (Å²) in [6.07, 6.45) is 2.77. The number of nitrogens with zero attached hydrogens (tertiary/aromatic N) is 4. The maximum absolute atomic E-state index is 13.7. The standard InChI is InChI=1S/C31H30ClN5OS.ClH.2H2O/c32-24-22-29-30(33-23-24)36(27-14-7-8-15-28(27)39-29)17-9-16-34-18-20-35(21-19-34)31(38)37(25-10-3-1-4-11-25)26-12-5-2-6-13-26;;;/h1-8,10-15,22-23H,9,16-21H2;1H;2*1H2. The van der Waals surface area contributed by atoms with Gasteiger partial charge in [-0.05, 0) is 42.5 Å². The van der Waals surface area contributed by atoms with E-state index in [1.807, 2.05) is 76.5 Å². The van der Waals surface area contributed by atoms with Gasteiger partial charge in [-0.15, -0.1) is 0 Å². The summed E-state index contributed by atoms with van der Waals surface area (Å²) < 4.78 is 0. The summed E-state index contributed by atoms with van der Waals surface area (Å²) in [6.45, 7) is 5.33. The normalized spacial score (nSPS) is 13.9. The molecule has 8 nitrogen and oxygen atoms in total. The van der Waals surface area contributed by atoms with Crippen LogP contribution in [0, 0.1) is 0 Å². The van der Waals surface area contributed by atoms with Gasteiger partial charge in [-0.3, -0.25) is 4.90 Å². The van der Waals surface area contributed by atoms with Gasteiger partial charge in [-0.2, -0.15) is 0 Å². The molecule has 1 saturated heterocycles. The number of hydrogen-bond donors (Lipinski definition) is 1. The molecule has 2 aliphatic heterocycles. The van der Waals surface area contributed by atoms with Crippen molar-refractivity contribution < 1.29 is 33.1 Å². The van der Waals surface area contributed by atoms with Crippen molar-refractivity contribution in [1.29, 1.82) is 0 Å². The summed E-state index contributed by atoms with van der Waals surface area (Å²) in [5, 5.41) is 0.663. The lowest BCUT2D eigenvalue weighted by atomic mass is 10.2. The van der Waals surface area contributed by atoms with Gasteiger partial charge in [0.05, 0.1) is 59.7 Å². The Morgan fingerprint density at radius 2 is 1.48 bits per heavy atom. The number of carbonyl (C=O) groups is 1. The van der Waals surface area contributed by atoms with Crippen LogP contribution < -0.4 is 27.1 Å². The largest absolute Gasteiger partial charge is 1.00 e. The van der Waals surface area contributed by atoms with Gasteiger partial charge in [0.1, 0.15) is 5.82 Å². The van der Waals surface area contributed by atoms with Gasteiger partial charge < -0.3 is 38.1 Å². The summed E-state index contributed by atoms with van der Waals surface area (Å²) in [6, 6.07) is 30.4. The highest BCUT2D eigenvalue weighted by Gasteiger charge is 2.30. The first-order chi connectivity index (χ1) is 19.2. The molecular formula is C31H35Cl2N5O3S. The highest BCUT2D eigenvalue weighted by atomic mass is 35.5. The Morgan fingerprint density at radius 3 is 2.12 bits per heavy atom. The van der Waals surface area contributed by atoms with Crippen LogP contribution in [0.5, 0.6) is 0 Å². The quantitative estimate of drug-likeness (QED) is 0.347. The number of piperazine rings is 1. The van der Waals surface area contributed by atoms with E-state index in [1.54, 1.807) is 18.0 Å². The summed E-state index contributed by atoms with van der Waals surface area (Å²) in [4.78, 5) is 28.4. The van der Waals surface area contributed by atoms with Gasteiger partial charge in [0, 0.05) is 24.1 Å². The van der Waals surface area contributed by atoms with Gasteiger partial charge in [0.15, 0.2) is 0 Å². The Labute approximate surface area is 261 Å². The third-order valence-corrected chi connectivity index (χ3v) is 8.60. The molecule has 2 aliphatic rings. The molecule has 11 heteroatoms. The van der Waals surface area contributed by atoms with Gasteiger partial charge in [0.25, 0.3) is 0 Å². The van der Waals surface area contributed by atoms with Crippen LogP contribution in [0.2, 0.25) is 5.02 Å². The smallest absolute Gasteiger partial charge is 0.329 e. The lowest BCUT2D eigenvalue weighted by Crippen LogP contribution is -3.15. The molecule has 0 spiro atoms. The van der Waals surface area contributed by atoms with Gasteiger partial charge in [-0.25, -0.2) is 9.78 Å². The van der Waals surface area contributed by atoms with Crippen LogP contribution in [0.25, 0.3) is 0 Å². The van der Waals surface area contributed by atoms with E-state index in [0.717, 1.165) is 67.8 Å². The van der Waals surface area contributed by atoms with Crippen molar-refractivity contribution in [2.75, 3.05) is 49.1 Å². The van der Waals surface area contributed by atoms with Crippen LogP contribution in [-0.2, 0) is 0 Å². The van der Waals surface area contributed by atoms with E-state index in [9.17, 15) is 4.79 Å². The summed E-state index contributed by atoms with van der Waals surface area (Å²) in [5.41, 5.74) is 2.98. The van der Waals surface area contributed by atoms with Crippen LogP contribution >= 0.6 is 23.4 Å². The SMILES string of the molecule is O.O.O=C(N1CC[NH+](CCCN2c3ccccc3Sc3cc(Cl)cnc32)CC1)N(c1ccccc1)c1ccccc1.[Cl-]. The minimum atomic E-state index is 0. The van der Waals surface area contributed by atoms with Gasteiger partial charge >= 0.3 is 6.03 Å². The highest BCUT2D eigenvalue weighted by Crippen LogP contribution is 2.47. The topological polar surface area (TPSA) is 107 Å². The number of para-hydroxylation sites is 3. The zero-order valence-electron chi connectivity index (χ0n) is 23.0. The number of carbonyl (C=O) groups excluding carboxylic acids is 1. The molecule has 42 heavy (non-hydrogen) atoms. The van der Waals surface area contributed by atoms with Gasteiger partial charge in [-0.1, -0.05) is 71.9 Å². The minimum absolute atomic E-state index is 0. The summed E-state index contributed by atoms with van der Waals surface area (Å²) >= 11 is 7.98. The number of fused-ring (bicyclic) bond motifs is 2. The average molecular weight is 629 g/mol. The Morgan fingerprint density at radius 1 is 0.881 bits per heavy atom. The van der Waals surface area contributed by atoms with E-state index in [2.05, 4.69) is 34.1 Å². The number of anilines is 4. The number of nitrogens with one attached hydrogen (secondary N) is 1. The van der Waals surface area contributed by atoms with Crippen LogP contribution in [-0.4, -0.2) is 66.1 Å². The van der Waals surface area contributed by atoms with E-state index in [0.29, 0.717) is 5.02 Å². The second-order valence-corrected chi connectivity index (χ2v) is 11.3. The third kappa shape index (κ3) is 7.18. The van der Waals surface area contributed by atoms with Gasteiger partial charge in [0.2, 0.25) is 0 Å². The lowest BCUT2D eigenvalue weighted by molar-refractivity contribution is -0.904. The molecule has 0 atom stereocenters. The van der Waals surface area contributed by atoms with Crippen molar-refractivity contribution in [1.82, 2.24) is 9.88 Å². The number of aromatic nitrogens is 1. The molecule has 0 aliphatic carbocycles. The number of benzene rings is 3. The Bertz CT molecular complexity index is 1400. The summed E-state index contributed by atoms with van der Waals surface area (Å²) in [7, 11) is 0. The molecule has 0 unspecified atom stereocenters. The zero-order chi connectivity index (χ0) is 26.6. The van der Waals surface area contributed by atoms with E-state index in [4.69, 9.17) is 11.6 Å². The molecule has 3 aromatic carbocycles. The molecule has 0 radical (unpaired) electrons. The van der Waals surface area contributed by atoms with E-state index in [-0.39, 0.29) is 29.4 Å². The maximum atomic E-state index is 13.7. The Balaban J connectivity index is 0.00000161. The molecule has 1 fully saturated rings. The zero-order valence-corrected chi connectivity index (χ0v) is 25.4. The predicted molar refractivity (Wildman–Crippen MR) is 166 cm³/mol. The molecule has 0 saturated carbocycles. The van der Waals surface area contributed by atoms with Crippen molar-refractivity contribution in [2.45, 2.75) is 16.2 Å². The fraction of sp³-hybridized carbons (Fsp3) is 0.226. The molecule has 4 aromatic rings. The number of rotatable bonds is 6. The van der Waals surface area contributed by atoms with Crippen molar-refractivity contribution in [3.63, 3.8) is 0 Å². The van der Waals surface area contributed by atoms with E-state index in [1.165, 1.54) is 15.5 Å². The second-order valence-electron chi connectivity index (χ2n) is 9.83. The van der Waals surface area contributed by atoms with E-state index >= 15 is 0 Å². The molecule has 0 bridgehead atoms. The second kappa shape index (κ2) is 15.2. The maximum Gasteiger partial charge on any atom is 0.329 e. The minimum Gasteiger partial charge on any atom is -1.00 e. The molecule has 3 heterocycles. The number of hydrogen-bond acceptors (Lipinski definition) is 4. The first kappa shape index (κ1) is 33.2. The monoisotopic (exact) mass is 627 g/mol. The molecule has 6 rings (SSSR count). The van der Waals surface area contributed by atoms with E-state index < -0.39 is 0 Å². The molecule has 2 amide bonds. The molecule has 222 valence electrons. The number of pyridine rings is 1. The fourth-order valence-electron chi connectivity index (χ4n) is 5.33. The average Bonchev–Trinajstić information content (AvgIpc) is 2.98. The molecule has 1 aromatic heterocycles. The third-order valence-electron chi connectivity index (χ3n) is 7.30. The summed E-state index contributed by atoms with van der Waals surface area (Å²) in [5.74, 6) is 0.982. The van der Waals surface area contributed by atoms with Crippen molar-refractivity contribution in [3.8, 4) is 0 Å². The molecular weight excluding hydrogens is 593 g/mol. The first-order valence-electron chi connectivity index (χ1n) is 13.4. The Hall–Kier alpha value is -3.31. The van der Waals surface area contributed by atoms with Crippen LogP contribution in [0.4, 0.5) is 27.7 Å². The van der Waals surface area contributed by atoms with Crippen LogP contribution in [0.1, 0.15) is 6.42 Å². The van der Waals surface area contributed by atoms with Crippen molar-refractivity contribution in [2.24, 2.45) is 0 Å². The lowest BCUT2D eigenvalue weighted by Gasteiger charge is -2.36. The highest BCUT2D eigenvalue weighted by molar-refractivity contribution is 7.99. The Kier molecular flexibility index (Phi) is 12.0. The first-order valence-corrected chi connectivity index (χ1v) is 14.6. The number of halogens is 2. The fourth-order valence-corrected chi connectivity index (χ4v) is 6.66. The number of urea groups is 1. The molecule has 5 N–H and O–H groups in total.